The van der Waals surface area contributed by atoms with Crippen LogP contribution >= 0.6 is 0 Å². The van der Waals surface area contributed by atoms with Gasteiger partial charge in [-0.2, -0.15) is 0 Å². The van der Waals surface area contributed by atoms with Gasteiger partial charge in [-0.15, -0.1) is 0 Å². The predicted molar refractivity (Wildman–Crippen MR) is 79.2 cm³/mol. The highest BCUT2D eigenvalue weighted by Gasteiger charge is 2.22. The van der Waals surface area contributed by atoms with E-state index in [9.17, 15) is 18.8 Å². The van der Waals surface area contributed by atoms with Crippen LogP contribution in [0.4, 0.5) is 15.8 Å². The number of benzene rings is 2. The van der Waals surface area contributed by atoms with Gasteiger partial charge in [0.05, 0.1) is 5.56 Å². The van der Waals surface area contributed by atoms with E-state index in [1.165, 1.54) is 36.4 Å². The number of halogens is 1. The van der Waals surface area contributed by atoms with Gasteiger partial charge < -0.3 is 15.4 Å². The van der Waals surface area contributed by atoms with Crippen molar-refractivity contribution in [3.05, 3.63) is 59.4 Å². The number of esters is 1. The topological polar surface area (TPSA) is 84.5 Å². The molecule has 116 valence electrons. The van der Waals surface area contributed by atoms with Crippen LogP contribution in [0.25, 0.3) is 0 Å². The van der Waals surface area contributed by atoms with Crippen LogP contribution in [0.3, 0.4) is 0 Å². The highest BCUT2D eigenvalue weighted by atomic mass is 19.1. The van der Waals surface area contributed by atoms with Crippen molar-refractivity contribution in [2.24, 2.45) is 0 Å². The molecule has 1 aliphatic rings. The highest BCUT2D eigenvalue weighted by Crippen LogP contribution is 2.23. The molecule has 0 atom stereocenters. The molecule has 23 heavy (non-hydrogen) atoms. The van der Waals surface area contributed by atoms with E-state index in [0.29, 0.717) is 22.5 Å². The summed E-state index contributed by atoms with van der Waals surface area (Å²) < 4.78 is 17.6. The molecule has 1 heterocycles. The Kier molecular flexibility index (Phi) is 3.76. The molecular formula is C16H11FN2O4. The van der Waals surface area contributed by atoms with Crippen LogP contribution in [-0.2, 0) is 20.9 Å². The van der Waals surface area contributed by atoms with Crippen molar-refractivity contribution in [3.63, 3.8) is 0 Å². The van der Waals surface area contributed by atoms with E-state index in [4.69, 9.17) is 4.74 Å². The fourth-order valence-electron chi connectivity index (χ4n) is 2.12. The van der Waals surface area contributed by atoms with Crippen molar-refractivity contribution in [1.29, 1.82) is 0 Å². The lowest BCUT2D eigenvalue weighted by molar-refractivity contribution is -0.132. The Morgan fingerprint density at radius 3 is 2.26 bits per heavy atom. The highest BCUT2D eigenvalue weighted by molar-refractivity contribution is 6.43. The summed E-state index contributed by atoms with van der Waals surface area (Å²) in [4.78, 5) is 35.0. The number of hydrogen-bond acceptors (Lipinski definition) is 4. The molecule has 0 saturated carbocycles. The smallest absolute Gasteiger partial charge is 0.338 e. The maximum Gasteiger partial charge on any atom is 0.338 e. The summed E-state index contributed by atoms with van der Waals surface area (Å²) in [5.41, 5.74) is 1.77. The van der Waals surface area contributed by atoms with Crippen LogP contribution in [0, 0.1) is 5.82 Å². The van der Waals surface area contributed by atoms with Crippen LogP contribution in [0.1, 0.15) is 15.9 Å². The number of ether oxygens (including phenoxy) is 1. The zero-order valence-electron chi connectivity index (χ0n) is 11.8. The number of carbonyl (C=O) groups excluding carboxylic acids is 3. The van der Waals surface area contributed by atoms with E-state index in [-0.39, 0.29) is 6.61 Å². The van der Waals surface area contributed by atoms with E-state index in [1.807, 2.05) is 0 Å². The Morgan fingerprint density at radius 2 is 1.57 bits per heavy atom. The minimum Gasteiger partial charge on any atom is -0.457 e. The van der Waals surface area contributed by atoms with Crippen LogP contribution in [0.5, 0.6) is 0 Å². The number of cyclic esters (lactones) is 1. The summed E-state index contributed by atoms with van der Waals surface area (Å²) in [7, 11) is 0. The van der Waals surface area contributed by atoms with Crippen LogP contribution < -0.4 is 10.6 Å². The van der Waals surface area contributed by atoms with E-state index >= 15 is 0 Å². The summed E-state index contributed by atoms with van der Waals surface area (Å²) in [6, 6.07) is 9.64. The Hall–Kier alpha value is -3.22. The van der Waals surface area contributed by atoms with Gasteiger partial charge in [0.15, 0.2) is 0 Å². The Balaban J connectivity index is 1.66. The Labute approximate surface area is 130 Å². The van der Waals surface area contributed by atoms with Crippen molar-refractivity contribution < 1.29 is 23.5 Å². The molecule has 0 spiro atoms. The second kappa shape index (κ2) is 5.88. The number of nitrogens with one attached hydrogen (secondary N) is 2. The molecule has 0 fully saturated rings. The normalized spacial score (nSPS) is 12.3. The lowest BCUT2D eigenvalue weighted by atomic mass is 10.1. The van der Waals surface area contributed by atoms with Crippen LogP contribution in [0.15, 0.2) is 42.5 Å². The van der Waals surface area contributed by atoms with Crippen molar-refractivity contribution in [3.8, 4) is 0 Å². The van der Waals surface area contributed by atoms with Gasteiger partial charge in [0.25, 0.3) is 0 Å². The first kappa shape index (κ1) is 14.7. The lowest BCUT2D eigenvalue weighted by Crippen LogP contribution is -2.29. The molecule has 2 aromatic rings. The molecule has 0 aliphatic carbocycles. The van der Waals surface area contributed by atoms with Crippen molar-refractivity contribution in [1.82, 2.24) is 0 Å². The van der Waals surface area contributed by atoms with Crippen molar-refractivity contribution in [2.75, 3.05) is 10.6 Å². The summed E-state index contributed by atoms with van der Waals surface area (Å²) in [5, 5.41) is 4.78. The number of hydrogen-bond donors (Lipinski definition) is 2. The minimum absolute atomic E-state index is 0.139. The molecule has 2 amide bonds. The Morgan fingerprint density at radius 1 is 0.957 bits per heavy atom. The van der Waals surface area contributed by atoms with E-state index in [1.54, 1.807) is 6.07 Å². The van der Waals surface area contributed by atoms with Gasteiger partial charge in [-0.3, -0.25) is 9.59 Å². The maximum atomic E-state index is 12.8. The van der Waals surface area contributed by atoms with Gasteiger partial charge in [-0.05, 0) is 42.5 Å². The molecule has 0 radical (unpaired) electrons. The van der Waals surface area contributed by atoms with E-state index < -0.39 is 23.6 Å². The van der Waals surface area contributed by atoms with Gasteiger partial charge in [0.1, 0.15) is 12.4 Å². The molecule has 0 unspecified atom stereocenters. The molecule has 2 N–H and O–H groups in total. The van der Waals surface area contributed by atoms with E-state index in [2.05, 4.69) is 10.6 Å². The van der Waals surface area contributed by atoms with Gasteiger partial charge in [0.2, 0.25) is 0 Å². The molecule has 0 aromatic heterocycles. The molecule has 0 bridgehead atoms. The number of anilines is 2. The molecular weight excluding hydrogens is 303 g/mol. The summed E-state index contributed by atoms with van der Waals surface area (Å²) in [5.74, 6) is -2.61. The minimum atomic E-state index is -0.885. The summed E-state index contributed by atoms with van der Waals surface area (Å²) >= 11 is 0. The average molecular weight is 314 g/mol. The predicted octanol–water partition coefficient (Wildman–Crippen LogP) is 2.07. The van der Waals surface area contributed by atoms with Gasteiger partial charge in [0, 0.05) is 16.9 Å². The lowest BCUT2D eigenvalue weighted by Gasteiger charge is -2.07. The molecule has 7 heteroatoms. The fraction of sp³-hybridized carbons (Fsp3) is 0.0625. The van der Waals surface area contributed by atoms with Gasteiger partial charge in [-0.1, -0.05) is 0 Å². The van der Waals surface area contributed by atoms with Crippen LogP contribution in [0.2, 0.25) is 0 Å². The van der Waals surface area contributed by atoms with E-state index in [0.717, 1.165) is 0 Å². The summed E-state index contributed by atoms with van der Waals surface area (Å²) in [6.07, 6.45) is 0. The summed E-state index contributed by atoms with van der Waals surface area (Å²) in [6.45, 7) is 0.139. The zero-order valence-corrected chi connectivity index (χ0v) is 11.8. The third kappa shape index (κ3) is 3.18. The Bertz CT molecular complexity index is 802. The first-order valence-corrected chi connectivity index (χ1v) is 6.71. The molecule has 3 rings (SSSR count). The third-order valence-electron chi connectivity index (χ3n) is 3.25. The maximum absolute atomic E-state index is 12.8. The zero-order chi connectivity index (χ0) is 16.4. The monoisotopic (exact) mass is 314 g/mol. The average Bonchev–Trinajstić information content (AvgIpc) is 2.90. The van der Waals surface area contributed by atoms with Crippen molar-refractivity contribution >= 4 is 29.2 Å². The SMILES string of the molecule is O=C(Nc1ccc(F)cc1)C(=O)Nc1ccc2c(c1)COC2=O. The quantitative estimate of drug-likeness (QED) is 0.656. The second-order valence-corrected chi connectivity index (χ2v) is 4.86. The second-order valence-electron chi connectivity index (χ2n) is 4.86. The first-order valence-electron chi connectivity index (χ1n) is 6.71. The fourth-order valence-corrected chi connectivity index (χ4v) is 2.12. The number of carbonyl (C=O) groups is 3. The molecule has 1 aliphatic heterocycles. The molecule has 6 nitrogen and oxygen atoms in total. The van der Waals surface area contributed by atoms with Gasteiger partial charge in [-0.25, -0.2) is 9.18 Å². The number of amides is 2. The molecule has 0 saturated heterocycles. The number of fused-ring (bicyclic) bond motifs is 1. The molecule has 2 aromatic carbocycles. The van der Waals surface area contributed by atoms with Crippen LogP contribution in [-0.4, -0.2) is 17.8 Å². The standard InChI is InChI=1S/C16H11FN2O4/c17-10-1-3-11(4-2-10)18-14(20)15(21)19-12-5-6-13-9(7-12)8-23-16(13)22/h1-7H,8H2,(H,18,20)(H,19,21). The largest absolute Gasteiger partial charge is 0.457 e. The number of rotatable bonds is 2. The first-order chi connectivity index (χ1) is 11.0. The third-order valence-corrected chi connectivity index (χ3v) is 3.25. The van der Waals surface area contributed by atoms with Crippen molar-refractivity contribution in [2.45, 2.75) is 6.61 Å². The van der Waals surface area contributed by atoms with Gasteiger partial charge >= 0.3 is 17.8 Å².